The predicted octanol–water partition coefficient (Wildman–Crippen LogP) is -1.47. The highest BCUT2D eigenvalue weighted by atomic mass is 16.5. The highest BCUT2D eigenvalue weighted by molar-refractivity contribution is 4.43. The molecule has 0 aromatic rings. The third kappa shape index (κ3) is 5.72. The van der Waals surface area contributed by atoms with Crippen molar-refractivity contribution < 1.29 is 14.9 Å². The van der Waals surface area contributed by atoms with Crippen LogP contribution >= 0.6 is 0 Å². The van der Waals surface area contributed by atoms with E-state index in [-0.39, 0.29) is 19.8 Å². The van der Waals surface area contributed by atoms with E-state index in [1.165, 1.54) is 0 Å². The molecule has 0 aromatic heterocycles. The summed E-state index contributed by atoms with van der Waals surface area (Å²) in [6.07, 6.45) is -0.628. The predicted molar refractivity (Wildman–Crippen MR) is 33.0 cm³/mol. The molecule has 0 aromatic carbocycles. The molecule has 3 N–H and O–H groups in total. The fourth-order valence-electron chi connectivity index (χ4n) is 0.343. The van der Waals surface area contributed by atoms with E-state index in [1.54, 1.807) is 7.05 Å². The Balaban J connectivity index is 2.88. The summed E-state index contributed by atoms with van der Waals surface area (Å²) in [5.41, 5.74) is 0. The molecule has 0 aliphatic rings. The van der Waals surface area contributed by atoms with E-state index in [0.29, 0.717) is 0 Å². The summed E-state index contributed by atoms with van der Waals surface area (Å²) in [4.78, 5) is 0. The van der Waals surface area contributed by atoms with Crippen molar-refractivity contribution in [1.82, 2.24) is 5.32 Å². The smallest absolute Gasteiger partial charge is 0.128 e. The Morgan fingerprint density at radius 3 is 2.78 bits per heavy atom. The van der Waals surface area contributed by atoms with E-state index in [0.717, 1.165) is 0 Å². The summed E-state index contributed by atoms with van der Waals surface area (Å²) in [5.74, 6) is 0. The molecule has 1 atom stereocenters. The lowest BCUT2D eigenvalue weighted by Crippen LogP contribution is -2.30. The van der Waals surface area contributed by atoms with Crippen LogP contribution in [-0.4, -0.2) is 43.3 Å². The lowest BCUT2D eigenvalue weighted by atomic mass is 10.6. The molecule has 0 amide bonds. The molecule has 56 valence electrons. The van der Waals surface area contributed by atoms with Gasteiger partial charge < -0.3 is 14.9 Å². The van der Waals surface area contributed by atoms with Gasteiger partial charge in [0.25, 0.3) is 0 Å². The first-order chi connectivity index (χ1) is 4.31. The van der Waals surface area contributed by atoms with Crippen molar-refractivity contribution in [2.24, 2.45) is 0 Å². The largest absolute Gasteiger partial charge is 0.394 e. The van der Waals surface area contributed by atoms with Crippen LogP contribution in [0.25, 0.3) is 0 Å². The lowest BCUT2D eigenvalue weighted by molar-refractivity contribution is 0.0100. The number of aliphatic hydroxyl groups is 2. The van der Waals surface area contributed by atoms with Gasteiger partial charge in [0, 0.05) is 0 Å². The monoisotopic (exact) mass is 135 g/mol. The van der Waals surface area contributed by atoms with Crippen LogP contribution in [0.4, 0.5) is 0 Å². The van der Waals surface area contributed by atoms with Crippen LogP contribution in [0.3, 0.4) is 0 Å². The maximum atomic E-state index is 8.77. The molecule has 0 saturated heterocycles. The summed E-state index contributed by atoms with van der Waals surface area (Å²) in [7, 11) is 1.63. The van der Waals surface area contributed by atoms with Crippen LogP contribution < -0.4 is 5.32 Å². The highest BCUT2D eigenvalue weighted by Crippen LogP contribution is 1.77. The summed E-state index contributed by atoms with van der Waals surface area (Å²) < 4.78 is 4.77. The van der Waals surface area contributed by atoms with E-state index >= 15 is 0 Å². The van der Waals surface area contributed by atoms with Crippen molar-refractivity contribution in [3.8, 4) is 0 Å². The minimum absolute atomic E-state index is 0.00354. The van der Waals surface area contributed by atoms with Crippen LogP contribution in [0.15, 0.2) is 0 Å². The standard InChI is InChI=1S/C5H13NO3/c1-6-5(8)4-9-3-2-7/h5-8H,2-4H2,1H3. The van der Waals surface area contributed by atoms with Gasteiger partial charge in [0.2, 0.25) is 0 Å². The van der Waals surface area contributed by atoms with E-state index in [2.05, 4.69) is 5.32 Å². The van der Waals surface area contributed by atoms with Crippen LogP contribution in [0.2, 0.25) is 0 Å². The summed E-state index contributed by atoms with van der Waals surface area (Å²) >= 11 is 0. The second-order valence-corrected chi connectivity index (χ2v) is 1.60. The molecule has 0 spiro atoms. The number of aliphatic hydroxyl groups excluding tert-OH is 2. The topological polar surface area (TPSA) is 61.7 Å². The minimum Gasteiger partial charge on any atom is -0.394 e. The van der Waals surface area contributed by atoms with Gasteiger partial charge in [-0.2, -0.15) is 0 Å². The van der Waals surface area contributed by atoms with Gasteiger partial charge in [0.15, 0.2) is 0 Å². The minimum atomic E-state index is -0.628. The average Bonchev–Trinajstić information content (AvgIpc) is 1.89. The van der Waals surface area contributed by atoms with Gasteiger partial charge >= 0.3 is 0 Å². The summed E-state index contributed by atoms with van der Waals surface area (Å²) in [6, 6.07) is 0. The Morgan fingerprint density at radius 2 is 2.33 bits per heavy atom. The first kappa shape index (κ1) is 8.84. The van der Waals surface area contributed by atoms with Gasteiger partial charge in [-0.05, 0) is 7.05 Å². The van der Waals surface area contributed by atoms with Crippen molar-refractivity contribution in [3.05, 3.63) is 0 Å². The third-order valence-corrected chi connectivity index (χ3v) is 0.845. The summed E-state index contributed by atoms with van der Waals surface area (Å²) in [6.45, 7) is 0.492. The number of hydrogen-bond donors (Lipinski definition) is 3. The van der Waals surface area contributed by atoms with Crippen molar-refractivity contribution in [3.63, 3.8) is 0 Å². The normalized spacial score (nSPS) is 13.7. The molecule has 4 heteroatoms. The average molecular weight is 135 g/mol. The van der Waals surface area contributed by atoms with Crippen LogP contribution in [0.1, 0.15) is 0 Å². The van der Waals surface area contributed by atoms with E-state index < -0.39 is 6.23 Å². The van der Waals surface area contributed by atoms with E-state index in [9.17, 15) is 0 Å². The Hall–Kier alpha value is -0.160. The molecule has 0 aliphatic heterocycles. The molecule has 0 fully saturated rings. The Labute approximate surface area is 54.5 Å². The molecule has 0 rings (SSSR count). The molecule has 0 bridgehead atoms. The lowest BCUT2D eigenvalue weighted by Gasteiger charge is -2.07. The number of ether oxygens (including phenoxy) is 1. The van der Waals surface area contributed by atoms with Gasteiger partial charge in [-0.15, -0.1) is 0 Å². The molecule has 0 aliphatic carbocycles. The Bertz CT molecular complexity index is 60.2. The first-order valence-corrected chi connectivity index (χ1v) is 2.85. The second-order valence-electron chi connectivity index (χ2n) is 1.60. The molecule has 0 saturated carbocycles. The molecule has 0 radical (unpaired) electrons. The van der Waals surface area contributed by atoms with E-state index in [4.69, 9.17) is 14.9 Å². The van der Waals surface area contributed by atoms with Gasteiger partial charge in [-0.1, -0.05) is 0 Å². The second kappa shape index (κ2) is 5.97. The fraction of sp³-hybridized carbons (Fsp3) is 1.00. The van der Waals surface area contributed by atoms with E-state index in [1.807, 2.05) is 0 Å². The van der Waals surface area contributed by atoms with Crippen molar-refractivity contribution in [2.75, 3.05) is 26.9 Å². The number of rotatable bonds is 5. The molecule has 1 unspecified atom stereocenters. The zero-order chi connectivity index (χ0) is 7.11. The molecule has 9 heavy (non-hydrogen) atoms. The van der Waals surface area contributed by atoms with Crippen molar-refractivity contribution in [1.29, 1.82) is 0 Å². The maximum absolute atomic E-state index is 8.77. The van der Waals surface area contributed by atoms with Crippen molar-refractivity contribution in [2.45, 2.75) is 6.23 Å². The molecule has 0 heterocycles. The van der Waals surface area contributed by atoms with Gasteiger partial charge in [-0.3, -0.25) is 5.32 Å². The Kier molecular flexibility index (Phi) is 5.86. The van der Waals surface area contributed by atoms with Gasteiger partial charge in [-0.25, -0.2) is 0 Å². The quantitative estimate of drug-likeness (QED) is 0.318. The maximum Gasteiger partial charge on any atom is 0.128 e. The molecule has 4 nitrogen and oxygen atoms in total. The number of nitrogens with one attached hydrogen (secondary N) is 1. The zero-order valence-corrected chi connectivity index (χ0v) is 5.50. The SMILES string of the molecule is CNC(O)COCCO. The van der Waals surface area contributed by atoms with Gasteiger partial charge in [0.1, 0.15) is 6.23 Å². The van der Waals surface area contributed by atoms with Gasteiger partial charge in [0.05, 0.1) is 19.8 Å². The zero-order valence-electron chi connectivity index (χ0n) is 5.50. The molecular formula is C5H13NO3. The molecular weight excluding hydrogens is 122 g/mol. The van der Waals surface area contributed by atoms with Crippen LogP contribution in [-0.2, 0) is 4.74 Å². The van der Waals surface area contributed by atoms with Crippen molar-refractivity contribution >= 4 is 0 Å². The van der Waals surface area contributed by atoms with Crippen LogP contribution in [0.5, 0.6) is 0 Å². The third-order valence-electron chi connectivity index (χ3n) is 0.845. The summed E-state index contributed by atoms with van der Waals surface area (Å²) in [5, 5.41) is 19.6. The first-order valence-electron chi connectivity index (χ1n) is 2.85. The fourth-order valence-corrected chi connectivity index (χ4v) is 0.343. The number of likely N-dealkylation sites (N-methyl/N-ethyl adjacent to an activating group) is 1. The van der Waals surface area contributed by atoms with Crippen LogP contribution in [0, 0.1) is 0 Å². The Morgan fingerprint density at radius 1 is 1.67 bits per heavy atom. The highest BCUT2D eigenvalue weighted by Gasteiger charge is 1.96. The number of hydrogen-bond acceptors (Lipinski definition) is 4.